The van der Waals surface area contributed by atoms with Crippen molar-refractivity contribution in [3.05, 3.63) is 65.3 Å². The van der Waals surface area contributed by atoms with Crippen molar-refractivity contribution in [2.24, 2.45) is 0 Å². The predicted molar refractivity (Wildman–Crippen MR) is 109 cm³/mol. The summed E-state index contributed by atoms with van der Waals surface area (Å²) in [6, 6.07) is 15.5. The van der Waals surface area contributed by atoms with Gasteiger partial charge in [-0.05, 0) is 55.3 Å². The van der Waals surface area contributed by atoms with Gasteiger partial charge >= 0.3 is 0 Å². The van der Waals surface area contributed by atoms with Gasteiger partial charge in [0, 0.05) is 16.8 Å². The number of aromatic nitrogens is 3. The summed E-state index contributed by atoms with van der Waals surface area (Å²) in [6.45, 7) is 4.69. The third kappa shape index (κ3) is 5.82. The molecular weight excluding hydrogens is 362 g/mol. The lowest BCUT2D eigenvalue weighted by molar-refractivity contribution is 0.306. The molecule has 1 unspecified atom stereocenters. The highest BCUT2D eigenvalue weighted by molar-refractivity contribution is 6.30. The number of hydrogen-bond acceptors (Lipinski definition) is 6. The zero-order valence-electron chi connectivity index (χ0n) is 15.3. The van der Waals surface area contributed by atoms with Gasteiger partial charge in [-0.25, -0.2) is 0 Å². The zero-order valence-corrected chi connectivity index (χ0v) is 16.1. The number of halogens is 1. The molecular formula is C20H22ClN5O. The Morgan fingerprint density at radius 2 is 1.81 bits per heavy atom. The van der Waals surface area contributed by atoms with Crippen LogP contribution in [0.15, 0.2) is 54.7 Å². The fourth-order valence-corrected chi connectivity index (χ4v) is 2.42. The van der Waals surface area contributed by atoms with Gasteiger partial charge < -0.3 is 15.4 Å². The van der Waals surface area contributed by atoms with Crippen molar-refractivity contribution >= 4 is 29.1 Å². The SMILES string of the molecule is CCC(C)Nc1cnnc(Nc2ccc(OCc3ccc(Cl)cc3)cc2)n1. The summed E-state index contributed by atoms with van der Waals surface area (Å²) >= 11 is 5.89. The molecule has 0 saturated heterocycles. The van der Waals surface area contributed by atoms with E-state index >= 15 is 0 Å². The maximum absolute atomic E-state index is 5.89. The molecule has 7 heteroatoms. The molecule has 2 N–H and O–H groups in total. The number of hydrogen-bond donors (Lipinski definition) is 2. The van der Waals surface area contributed by atoms with Crippen LogP contribution in [0.2, 0.25) is 5.02 Å². The van der Waals surface area contributed by atoms with E-state index in [0.29, 0.717) is 29.4 Å². The Bertz CT molecular complexity index is 855. The van der Waals surface area contributed by atoms with Crippen molar-refractivity contribution in [2.75, 3.05) is 10.6 Å². The second-order valence-corrected chi connectivity index (χ2v) is 6.62. The first-order valence-corrected chi connectivity index (χ1v) is 9.21. The molecule has 6 nitrogen and oxygen atoms in total. The monoisotopic (exact) mass is 383 g/mol. The number of anilines is 3. The normalized spacial score (nSPS) is 11.7. The molecule has 2 aromatic carbocycles. The fourth-order valence-electron chi connectivity index (χ4n) is 2.29. The lowest BCUT2D eigenvalue weighted by Crippen LogP contribution is -2.15. The van der Waals surface area contributed by atoms with Crippen LogP contribution in [0.5, 0.6) is 5.75 Å². The molecule has 1 aromatic heterocycles. The van der Waals surface area contributed by atoms with Gasteiger partial charge in [-0.15, -0.1) is 5.10 Å². The van der Waals surface area contributed by atoms with Gasteiger partial charge in [0.05, 0.1) is 6.20 Å². The maximum atomic E-state index is 5.89. The van der Waals surface area contributed by atoms with Crippen LogP contribution < -0.4 is 15.4 Å². The number of rotatable bonds is 8. The Hall–Kier alpha value is -2.86. The highest BCUT2D eigenvalue weighted by atomic mass is 35.5. The largest absolute Gasteiger partial charge is 0.489 e. The molecule has 0 saturated carbocycles. The molecule has 0 bridgehead atoms. The number of nitrogens with zero attached hydrogens (tertiary/aromatic N) is 3. The molecule has 0 fully saturated rings. The highest BCUT2D eigenvalue weighted by Crippen LogP contribution is 2.20. The Kier molecular flexibility index (Phi) is 6.44. The van der Waals surface area contributed by atoms with Gasteiger partial charge in [-0.2, -0.15) is 10.1 Å². The summed E-state index contributed by atoms with van der Waals surface area (Å²) in [5, 5.41) is 15.1. The molecule has 3 aromatic rings. The summed E-state index contributed by atoms with van der Waals surface area (Å²) in [7, 11) is 0. The van der Waals surface area contributed by atoms with E-state index in [1.165, 1.54) is 0 Å². The van der Waals surface area contributed by atoms with Crippen LogP contribution in [0.3, 0.4) is 0 Å². The molecule has 1 atom stereocenters. The Balaban J connectivity index is 1.57. The molecule has 0 radical (unpaired) electrons. The van der Waals surface area contributed by atoms with E-state index in [4.69, 9.17) is 16.3 Å². The minimum absolute atomic E-state index is 0.326. The van der Waals surface area contributed by atoms with Crippen molar-refractivity contribution < 1.29 is 4.74 Å². The molecule has 27 heavy (non-hydrogen) atoms. The minimum Gasteiger partial charge on any atom is -0.489 e. The van der Waals surface area contributed by atoms with Crippen molar-refractivity contribution in [1.82, 2.24) is 15.2 Å². The molecule has 0 aliphatic heterocycles. The summed E-state index contributed by atoms with van der Waals surface area (Å²) < 4.78 is 5.79. The zero-order chi connectivity index (χ0) is 19.1. The van der Waals surface area contributed by atoms with Crippen LogP contribution in [0.25, 0.3) is 0 Å². The van der Waals surface area contributed by atoms with Gasteiger partial charge in [0.15, 0.2) is 5.82 Å². The van der Waals surface area contributed by atoms with Gasteiger partial charge in [-0.1, -0.05) is 30.7 Å². The number of nitrogens with one attached hydrogen (secondary N) is 2. The minimum atomic E-state index is 0.326. The molecule has 0 amide bonds. The second kappa shape index (κ2) is 9.19. The summed E-state index contributed by atoms with van der Waals surface area (Å²) in [4.78, 5) is 4.42. The highest BCUT2D eigenvalue weighted by Gasteiger charge is 2.04. The van der Waals surface area contributed by atoms with Crippen LogP contribution in [-0.4, -0.2) is 21.2 Å². The third-order valence-corrected chi connectivity index (χ3v) is 4.25. The molecule has 0 spiro atoms. The average molecular weight is 384 g/mol. The smallest absolute Gasteiger partial charge is 0.249 e. The van der Waals surface area contributed by atoms with E-state index in [0.717, 1.165) is 23.4 Å². The quantitative estimate of drug-likeness (QED) is 0.566. The molecule has 3 rings (SSSR count). The van der Waals surface area contributed by atoms with Crippen LogP contribution in [0, 0.1) is 0 Å². The first-order chi connectivity index (χ1) is 13.1. The standard InChI is InChI=1S/C20H22ClN5O/c1-3-14(2)23-19-12-22-26-20(25-19)24-17-8-10-18(11-9-17)27-13-15-4-6-16(21)7-5-15/h4-12,14H,3,13H2,1-2H3,(H2,23,24,25,26). The Morgan fingerprint density at radius 3 is 2.52 bits per heavy atom. The van der Waals surface area contributed by atoms with Crippen molar-refractivity contribution in [1.29, 1.82) is 0 Å². The van der Waals surface area contributed by atoms with Crippen LogP contribution in [0.1, 0.15) is 25.8 Å². The van der Waals surface area contributed by atoms with Gasteiger partial charge in [-0.3, -0.25) is 0 Å². The first kappa shape index (κ1) is 18.9. The molecule has 0 aliphatic rings. The molecule has 0 aliphatic carbocycles. The van der Waals surface area contributed by atoms with Gasteiger partial charge in [0.1, 0.15) is 12.4 Å². The van der Waals surface area contributed by atoms with Crippen LogP contribution in [-0.2, 0) is 6.61 Å². The Labute approximate surface area is 164 Å². The first-order valence-electron chi connectivity index (χ1n) is 8.83. The summed E-state index contributed by atoms with van der Waals surface area (Å²) in [6.07, 6.45) is 2.62. The van der Waals surface area contributed by atoms with E-state index in [9.17, 15) is 0 Å². The van der Waals surface area contributed by atoms with Gasteiger partial charge in [0.2, 0.25) is 5.95 Å². The average Bonchev–Trinajstić information content (AvgIpc) is 2.69. The summed E-state index contributed by atoms with van der Waals surface area (Å²) in [5.74, 6) is 1.92. The lowest BCUT2D eigenvalue weighted by atomic mass is 10.2. The van der Waals surface area contributed by atoms with Crippen molar-refractivity contribution in [3.8, 4) is 5.75 Å². The van der Waals surface area contributed by atoms with E-state index in [1.54, 1.807) is 6.20 Å². The van der Waals surface area contributed by atoms with E-state index in [1.807, 2.05) is 48.5 Å². The van der Waals surface area contributed by atoms with Crippen LogP contribution in [0.4, 0.5) is 17.5 Å². The van der Waals surface area contributed by atoms with E-state index in [-0.39, 0.29) is 0 Å². The fraction of sp³-hybridized carbons (Fsp3) is 0.250. The summed E-state index contributed by atoms with van der Waals surface area (Å²) in [5.41, 5.74) is 1.92. The van der Waals surface area contributed by atoms with Crippen LogP contribution >= 0.6 is 11.6 Å². The number of ether oxygens (including phenoxy) is 1. The van der Waals surface area contributed by atoms with Crippen molar-refractivity contribution in [3.63, 3.8) is 0 Å². The lowest BCUT2D eigenvalue weighted by Gasteiger charge is -2.12. The number of benzene rings is 2. The topological polar surface area (TPSA) is 72.0 Å². The Morgan fingerprint density at radius 1 is 1.07 bits per heavy atom. The predicted octanol–water partition coefficient (Wildman–Crippen LogP) is 5.06. The van der Waals surface area contributed by atoms with Gasteiger partial charge in [0.25, 0.3) is 0 Å². The third-order valence-electron chi connectivity index (χ3n) is 3.99. The second-order valence-electron chi connectivity index (χ2n) is 6.18. The van der Waals surface area contributed by atoms with Crippen molar-refractivity contribution in [2.45, 2.75) is 32.9 Å². The molecule has 1 heterocycles. The van der Waals surface area contributed by atoms with E-state index < -0.39 is 0 Å². The van der Waals surface area contributed by atoms with E-state index in [2.05, 4.69) is 39.7 Å². The maximum Gasteiger partial charge on any atom is 0.249 e. The molecule has 140 valence electrons.